The SMILES string of the molecule is O=C1[C@@H]2[C@@H]3C=C[C@H]([C@H]4C[C@H]34)[C@@H]2C(=O)N1c1ccc(Cl)cc1Cl. The molecule has 3 fully saturated rings. The third kappa shape index (κ3) is 1.49. The lowest BCUT2D eigenvalue weighted by Crippen LogP contribution is -2.40. The van der Waals surface area contributed by atoms with Crippen LogP contribution in [0.5, 0.6) is 0 Å². The fraction of sp³-hybridized carbons (Fsp3) is 0.412. The molecule has 6 atom stereocenters. The van der Waals surface area contributed by atoms with E-state index in [1.54, 1.807) is 18.2 Å². The van der Waals surface area contributed by atoms with Crippen LogP contribution in [0, 0.1) is 35.5 Å². The number of rotatable bonds is 1. The van der Waals surface area contributed by atoms with Crippen molar-refractivity contribution < 1.29 is 9.59 Å². The van der Waals surface area contributed by atoms with Gasteiger partial charge in [-0.3, -0.25) is 9.59 Å². The number of hydrogen-bond acceptors (Lipinski definition) is 2. The maximum Gasteiger partial charge on any atom is 0.238 e. The zero-order chi connectivity index (χ0) is 15.2. The highest BCUT2D eigenvalue weighted by Crippen LogP contribution is 2.65. The quantitative estimate of drug-likeness (QED) is 0.582. The van der Waals surface area contributed by atoms with Gasteiger partial charge in [0.25, 0.3) is 0 Å². The summed E-state index contributed by atoms with van der Waals surface area (Å²) in [7, 11) is 0. The Morgan fingerprint density at radius 3 is 2.09 bits per heavy atom. The van der Waals surface area contributed by atoms with Gasteiger partial charge in [-0.1, -0.05) is 35.4 Å². The average Bonchev–Trinajstić information content (AvgIpc) is 3.26. The molecule has 0 aromatic heterocycles. The van der Waals surface area contributed by atoms with Gasteiger partial charge in [-0.2, -0.15) is 0 Å². The topological polar surface area (TPSA) is 37.4 Å². The van der Waals surface area contributed by atoms with E-state index in [0.717, 1.165) is 6.42 Å². The van der Waals surface area contributed by atoms with Gasteiger partial charge in [-0.25, -0.2) is 4.90 Å². The van der Waals surface area contributed by atoms with Crippen LogP contribution in [-0.4, -0.2) is 11.8 Å². The molecule has 0 radical (unpaired) electrons. The van der Waals surface area contributed by atoms with Crippen molar-refractivity contribution in [2.45, 2.75) is 6.42 Å². The third-order valence-corrected chi connectivity index (χ3v) is 6.35. The number of halogens is 2. The first kappa shape index (κ1) is 13.1. The number of imide groups is 1. The van der Waals surface area contributed by atoms with Crippen molar-refractivity contribution in [2.24, 2.45) is 35.5 Å². The van der Waals surface area contributed by atoms with E-state index >= 15 is 0 Å². The molecule has 2 bridgehead atoms. The minimum atomic E-state index is -0.196. The van der Waals surface area contributed by atoms with Gasteiger partial charge in [0.1, 0.15) is 0 Å². The van der Waals surface area contributed by atoms with E-state index in [-0.39, 0.29) is 35.5 Å². The van der Waals surface area contributed by atoms with Gasteiger partial charge in [0.2, 0.25) is 11.8 Å². The molecule has 1 saturated heterocycles. The molecule has 0 unspecified atom stereocenters. The summed E-state index contributed by atoms with van der Waals surface area (Å²) < 4.78 is 0. The Bertz CT molecular complexity index is 723. The van der Waals surface area contributed by atoms with E-state index in [1.165, 1.54) is 4.90 Å². The highest BCUT2D eigenvalue weighted by molar-refractivity contribution is 6.38. The molecule has 5 heteroatoms. The van der Waals surface area contributed by atoms with Gasteiger partial charge in [-0.05, 0) is 48.3 Å². The van der Waals surface area contributed by atoms with Gasteiger partial charge in [-0.15, -0.1) is 0 Å². The van der Waals surface area contributed by atoms with Crippen LogP contribution >= 0.6 is 23.2 Å². The number of amides is 2. The second kappa shape index (κ2) is 4.15. The number of allylic oxidation sites excluding steroid dienone is 2. The van der Waals surface area contributed by atoms with Gasteiger partial charge < -0.3 is 0 Å². The summed E-state index contributed by atoms with van der Waals surface area (Å²) in [6.07, 6.45) is 5.49. The molecule has 4 aliphatic carbocycles. The molecule has 0 spiro atoms. The van der Waals surface area contributed by atoms with Crippen molar-refractivity contribution in [1.29, 1.82) is 0 Å². The summed E-state index contributed by atoms with van der Waals surface area (Å²) >= 11 is 12.1. The highest BCUT2D eigenvalue weighted by atomic mass is 35.5. The molecule has 1 heterocycles. The highest BCUT2D eigenvalue weighted by Gasteiger charge is 2.67. The van der Waals surface area contributed by atoms with E-state index in [1.807, 2.05) is 0 Å². The smallest absolute Gasteiger partial charge is 0.238 e. The molecule has 0 N–H and O–H groups in total. The van der Waals surface area contributed by atoms with E-state index in [4.69, 9.17) is 23.2 Å². The van der Waals surface area contributed by atoms with Crippen molar-refractivity contribution in [3.05, 3.63) is 40.4 Å². The lowest BCUT2D eigenvalue weighted by Gasteiger charge is -2.37. The predicted molar refractivity (Wildman–Crippen MR) is 83.7 cm³/mol. The minimum Gasteiger partial charge on any atom is -0.274 e. The maximum atomic E-state index is 12.9. The summed E-state index contributed by atoms with van der Waals surface area (Å²) in [6.45, 7) is 0. The van der Waals surface area contributed by atoms with Gasteiger partial charge in [0.05, 0.1) is 22.5 Å². The normalized spacial score (nSPS) is 40.9. The lowest BCUT2D eigenvalue weighted by atomic mass is 9.63. The van der Waals surface area contributed by atoms with Crippen molar-refractivity contribution >= 4 is 40.7 Å². The molecule has 2 saturated carbocycles. The van der Waals surface area contributed by atoms with Crippen molar-refractivity contribution in [3.8, 4) is 0 Å². The predicted octanol–water partition coefficient (Wildman–Crippen LogP) is 3.55. The van der Waals surface area contributed by atoms with Crippen LogP contribution in [0.3, 0.4) is 0 Å². The summed E-state index contributed by atoms with van der Waals surface area (Å²) in [4.78, 5) is 27.1. The zero-order valence-corrected chi connectivity index (χ0v) is 13.1. The second-order valence-corrected chi connectivity index (χ2v) is 7.61. The van der Waals surface area contributed by atoms with Crippen molar-refractivity contribution in [1.82, 2.24) is 0 Å². The molecule has 6 rings (SSSR count). The first-order valence-corrected chi connectivity index (χ1v) is 8.34. The van der Waals surface area contributed by atoms with Crippen LogP contribution in [0.1, 0.15) is 6.42 Å². The Hall–Kier alpha value is -1.32. The third-order valence-electron chi connectivity index (χ3n) is 5.81. The molecule has 3 nitrogen and oxygen atoms in total. The molecule has 1 aliphatic heterocycles. The number of anilines is 1. The Balaban J connectivity index is 1.60. The molecule has 1 aromatic carbocycles. The fourth-order valence-electron chi connectivity index (χ4n) is 4.86. The van der Waals surface area contributed by atoms with Crippen LogP contribution in [0.15, 0.2) is 30.4 Å². The van der Waals surface area contributed by atoms with Crippen molar-refractivity contribution in [3.63, 3.8) is 0 Å². The Morgan fingerprint density at radius 1 is 0.955 bits per heavy atom. The van der Waals surface area contributed by atoms with E-state index in [2.05, 4.69) is 12.2 Å². The Kier molecular flexibility index (Phi) is 2.48. The number of benzene rings is 1. The van der Waals surface area contributed by atoms with Crippen LogP contribution in [-0.2, 0) is 9.59 Å². The first-order chi connectivity index (χ1) is 10.6. The molecule has 22 heavy (non-hydrogen) atoms. The molecule has 5 aliphatic rings. The standard InChI is InChI=1S/C17H13Cl2NO2/c18-7-1-4-13(12(19)5-7)20-16(21)14-8-2-3-9(11-6-10(8)11)15(14)17(20)22/h1-5,8-11,14-15H,6H2/t8-,9-,10-,11-,14-,15+/m1/s1. The van der Waals surface area contributed by atoms with Gasteiger partial charge in [0.15, 0.2) is 0 Å². The molecule has 1 aromatic rings. The molecular weight excluding hydrogens is 321 g/mol. The van der Waals surface area contributed by atoms with E-state index < -0.39 is 0 Å². The molecule has 2 amide bonds. The molecule has 112 valence electrons. The number of hydrogen-bond donors (Lipinski definition) is 0. The number of nitrogens with zero attached hydrogens (tertiary/aromatic N) is 1. The van der Waals surface area contributed by atoms with Crippen LogP contribution in [0.2, 0.25) is 10.0 Å². The van der Waals surface area contributed by atoms with Crippen LogP contribution in [0.4, 0.5) is 5.69 Å². The fourth-order valence-corrected chi connectivity index (χ4v) is 5.35. The first-order valence-electron chi connectivity index (χ1n) is 7.59. The summed E-state index contributed by atoms with van der Waals surface area (Å²) in [5, 5.41) is 0.839. The summed E-state index contributed by atoms with van der Waals surface area (Å²) in [5.74, 6) is 1.09. The lowest BCUT2D eigenvalue weighted by molar-refractivity contribution is -0.124. The molecular formula is C17H13Cl2NO2. The summed E-state index contributed by atoms with van der Waals surface area (Å²) in [6, 6.07) is 4.90. The maximum absolute atomic E-state index is 12.9. The van der Waals surface area contributed by atoms with Crippen molar-refractivity contribution in [2.75, 3.05) is 4.90 Å². The Morgan fingerprint density at radius 2 is 1.55 bits per heavy atom. The largest absolute Gasteiger partial charge is 0.274 e. The second-order valence-electron chi connectivity index (χ2n) is 6.76. The van der Waals surface area contributed by atoms with Gasteiger partial charge in [0, 0.05) is 5.02 Å². The van der Waals surface area contributed by atoms with Crippen LogP contribution < -0.4 is 4.90 Å². The van der Waals surface area contributed by atoms with E-state index in [9.17, 15) is 9.59 Å². The minimum absolute atomic E-state index is 0.0936. The van der Waals surface area contributed by atoms with Gasteiger partial charge >= 0.3 is 0 Å². The monoisotopic (exact) mass is 333 g/mol. The summed E-state index contributed by atoms with van der Waals surface area (Å²) in [5.41, 5.74) is 0.462. The number of carbonyl (C=O) groups excluding carboxylic acids is 2. The zero-order valence-electron chi connectivity index (χ0n) is 11.6. The Labute approximate surface area is 137 Å². The average molecular weight is 334 g/mol. The van der Waals surface area contributed by atoms with Crippen LogP contribution in [0.25, 0.3) is 0 Å². The van der Waals surface area contributed by atoms with E-state index in [0.29, 0.717) is 27.6 Å². The number of carbonyl (C=O) groups is 2.